The minimum Gasteiger partial charge on any atom is -0.486 e. The number of aromatic nitrogens is 1. The van der Waals surface area contributed by atoms with E-state index in [0.717, 1.165) is 23.0 Å². The van der Waals surface area contributed by atoms with Crippen molar-refractivity contribution in [1.82, 2.24) is 10.3 Å². The van der Waals surface area contributed by atoms with Gasteiger partial charge in [0, 0.05) is 16.9 Å². The molecule has 0 saturated carbocycles. The Morgan fingerprint density at radius 3 is 3.12 bits per heavy atom. The lowest BCUT2D eigenvalue weighted by Crippen LogP contribution is -2.05. The van der Waals surface area contributed by atoms with E-state index in [9.17, 15) is 0 Å². The number of halogens is 1. The second-order valence-electron chi connectivity index (χ2n) is 3.51. The van der Waals surface area contributed by atoms with Crippen LogP contribution in [0.4, 0.5) is 0 Å². The van der Waals surface area contributed by atoms with Crippen molar-refractivity contribution in [3.05, 3.63) is 45.4 Å². The van der Waals surface area contributed by atoms with Gasteiger partial charge in [-0.05, 0) is 25.2 Å². The fourth-order valence-corrected chi connectivity index (χ4v) is 2.26. The summed E-state index contributed by atoms with van der Waals surface area (Å²) in [5.74, 6) is 0.767. The molecule has 0 unspecified atom stereocenters. The molecular formula is C12H13ClN2OS. The molecule has 1 N–H and O–H groups in total. The van der Waals surface area contributed by atoms with Gasteiger partial charge in [-0.1, -0.05) is 17.7 Å². The predicted octanol–water partition coefficient (Wildman–Crippen LogP) is 3.09. The zero-order valence-corrected chi connectivity index (χ0v) is 11.0. The van der Waals surface area contributed by atoms with E-state index in [4.69, 9.17) is 16.3 Å². The molecule has 0 fully saturated rings. The van der Waals surface area contributed by atoms with Crippen molar-refractivity contribution in [2.75, 3.05) is 7.05 Å². The molecule has 1 aromatic heterocycles. The summed E-state index contributed by atoms with van der Waals surface area (Å²) in [6.07, 6.45) is 0. The lowest BCUT2D eigenvalue weighted by Gasteiger charge is -2.03. The first-order valence-corrected chi connectivity index (χ1v) is 6.50. The second-order valence-corrected chi connectivity index (χ2v) is 4.89. The van der Waals surface area contributed by atoms with Crippen LogP contribution in [0.1, 0.15) is 10.7 Å². The van der Waals surface area contributed by atoms with Crippen LogP contribution < -0.4 is 10.1 Å². The average molecular weight is 269 g/mol. The van der Waals surface area contributed by atoms with Crippen molar-refractivity contribution in [1.29, 1.82) is 0 Å². The largest absolute Gasteiger partial charge is 0.486 e. The van der Waals surface area contributed by atoms with Crippen molar-refractivity contribution in [2.24, 2.45) is 0 Å². The molecule has 0 saturated heterocycles. The van der Waals surface area contributed by atoms with E-state index in [1.54, 1.807) is 17.4 Å². The van der Waals surface area contributed by atoms with Crippen LogP contribution in [0.2, 0.25) is 5.02 Å². The Morgan fingerprint density at radius 1 is 1.47 bits per heavy atom. The molecule has 1 aromatic carbocycles. The number of hydrogen-bond donors (Lipinski definition) is 1. The number of ether oxygens (including phenoxy) is 1. The summed E-state index contributed by atoms with van der Waals surface area (Å²) in [6.45, 7) is 1.27. The fourth-order valence-electron chi connectivity index (χ4n) is 1.38. The highest BCUT2D eigenvalue weighted by atomic mass is 35.5. The SMILES string of the molecule is CNCc1csc(COc2cccc(Cl)c2)n1. The van der Waals surface area contributed by atoms with Gasteiger partial charge in [0.1, 0.15) is 17.4 Å². The van der Waals surface area contributed by atoms with Crippen molar-refractivity contribution in [3.63, 3.8) is 0 Å². The van der Waals surface area contributed by atoms with E-state index in [-0.39, 0.29) is 0 Å². The van der Waals surface area contributed by atoms with Crippen LogP contribution >= 0.6 is 22.9 Å². The van der Waals surface area contributed by atoms with Crippen LogP contribution in [0, 0.1) is 0 Å². The van der Waals surface area contributed by atoms with E-state index in [2.05, 4.69) is 10.3 Å². The Labute approximate surface area is 109 Å². The number of hydrogen-bond acceptors (Lipinski definition) is 4. The number of nitrogens with zero attached hydrogens (tertiary/aromatic N) is 1. The van der Waals surface area contributed by atoms with Crippen molar-refractivity contribution >= 4 is 22.9 Å². The molecule has 0 radical (unpaired) electrons. The molecule has 1 heterocycles. The summed E-state index contributed by atoms with van der Waals surface area (Å²) >= 11 is 7.47. The summed E-state index contributed by atoms with van der Waals surface area (Å²) in [4.78, 5) is 4.44. The fraction of sp³-hybridized carbons (Fsp3) is 0.250. The van der Waals surface area contributed by atoms with Crippen molar-refractivity contribution in [3.8, 4) is 5.75 Å². The maximum absolute atomic E-state index is 5.87. The first-order valence-electron chi connectivity index (χ1n) is 5.24. The second kappa shape index (κ2) is 6.00. The highest BCUT2D eigenvalue weighted by Gasteiger charge is 2.02. The lowest BCUT2D eigenvalue weighted by molar-refractivity contribution is 0.305. The number of rotatable bonds is 5. The van der Waals surface area contributed by atoms with Gasteiger partial charge in [-0.15, -0.1) is 11.3 Å². The molecule has 17 heavy (non-hydrogen) atoms. The Balaban J connectivity index is 1.93. The monoisotopic (exact) mass is 268 g/mol. The molecule has 2 rings (SSSR count). The highest BCUT2D eigenvalue weighted by molar-refractivity contribution is 7.09. The Bertz CT molecular complexity index is 487. The quantitative estimate of drug-likeness (QED) is 0.905. The first kappa shape index (κ1) is 12.4. The standard InChI is InChI=1S/C12H13ClN2OS/c1-14-6-10-8-17-12(15-10)7-16-11-4-2-3-9(13)5-11/h2-5,8,14H,6-7H2,1H3. The molecule has 2 aromatic rings. The molecule has 0 aliphatic rings. The molecule has 90 valence electrons. The van der Waals surface area contributed by atoms with Gasteiger partial charge in [0.05, 0.1) is 5.69 Å². The Morgan fingerprint density at radius 2 is 2.35 bits per heavy atom. The van der Waals surface area contributed by atoms with E-state index in [0.29, 0.717) is 11.6 Å². The summed E-state index contributed by atoms with van der Waals surface area (Å²) in [5, 5.41) is 6.75. The maximum Gasteiger partial charge on any atom is 0.140 e. The molecule has 0 aliphatic carbocycles. The van der Waals surface area contributed by atoms with Crippen LogP contribution in [-0.2, 0) is 13.2 Å². The van der Waals surface area contributed by atoms with Gasteiger partial charge in [-0.3, -0.25) is 0 Å². The zero-order chi connectivity index (χ0) is 12.1. The van der Waals surface area contributed by atoms with Gasteiger partial charge in [-0.2, -0.15) is 0 Å². The minimum absolute atomic E-state index is 0.481. The number of thiazole rings is 1. The van der Waals surface area contributed by atoms with Crippen LogP contribution in [-0.4, -0.2) is 12.0 Å². The van der Waals surface area contributed by atoms with Crippen molar-refractivity contribution in [2.45, 2.75) is 13.2 Å². The Kier molecular flexibility index (Phi) is 4.36. The third-order valence-corrected chi connectivity index (χ3v) is 3.22. The van der Waals surface area contributed by atoms with Crippen LogP contribution in [0.3, 0.4) is 0 Å². The molecule has 0 aliphatic heterocycles. The third-order valence-electron chi connectivity index (χ3n) is 2.12. The normalized spacial score (nSPS) is 10.5. The van der Waals surface area contributed by atoms with Gasteiger partial charge in [0.2, 0.25) is 0 Å². The zero-order valence-electron chi connectivity index (χ0n) is 9.44. The first-order chi connectivity index (χ1) is 8.28. The summed E-state index contributed by atoms with van der Waals surface area (Å²) in [5.41, 5.74) is 1.04. The number of nitrogens with one attached hydrogen (secondary N) is 1. The summed E-state index contributed by atoms with van der Waals surface area (Å²) < 4.78 is 5.61. The van der Waals surface area contributed by atoms with Gasteiger partial charge in [-0.25, -0.2) is 4.98 Å². The van der Waals surface area contributed by atoms with E-state index in [1.807, 2.05) is 30.6 Å². The Hall–Kier alpha value is -1.10. The van der Waals surface area contributed by atoms with E-state index < -0.39 is 0 Å². The molecule has 0 amide bonds. The van der Waals surface area contributed by atoms with E-state index >= 15 is 0 Å². The van der Waals surface area contributed by atoms with Crippen molar-refractivity contribution < 1.29 is 4.74 Å². The van der Waals surface area contributed by atoms with Gasteiger partial charge >= 0.3 is 0 Å². The lowest BCUT2D eigenvalue weighted by atomic mass is 10.3. The average Bonchev–Trinajstić information content (AvgIpc) is 2.75. The van der Waals surface area contributed by atoms with Gasteiger partial charge in [0.15, 0.2) is 0 Å². The summed E-state index contributed by atoms with van der Waals surface area (Å²) in [6, 6.07) is 7.37. The van der Waals surface area contributed by atoms with Crippen LogP contribution in [0.5, 0.6) is 5.75 Å². The van der Waals surface area contributed by atoms with E-state index in [1.165, 1.54) is 0 Å². The topological polar surface area (TPSA) is 34.1 Å². The predicted molar refractivity (Wildman–Crippen MR) is 70.7 cm³/mol. The molecule has 0 atom stereocenters. The molecule has 3 nitrogen and oxygen atoms in total. The maximum atomic E-state index is 5.87. The van der Waals surface area contributed by atoms with Gasteiger partial charge < -0.3 is 10.1 Å². The molecule has 0 spiro atoms. The molecule has 5 heteroatoms. The number of benzene rings is 1. The summed E-state index contributed by atoms with van der Waals surface area (Å²) in [7, 11) is 1.90. The van der Waals surface area contributed by atoms with Crippen LogP contribution in [0.25, 0.3) is 0 Å². The minimum atomic E-state index is 0.481. The third kappa shape index (κ3) is 3.70. The van der Waals surface area contributed by atoms with Gasteiger partial charge in [0.25, 0.3) is 0 Å². The van der Waals surface area contributed by atoms with Crippen LogP contribution in [0.15, 0.2) is 29.6 Å². The smallest absolute Gasteiger partial charge is 0.140 e. The molecule has 0 bridgehead atoms. The highest BCUT2D eigenvalue weighted by Crippen LogP contribution is 2.19. The molecular weight excluding hydrogens is 256 g/mol.